The number of nitrogens with one attached hydrogen (secondary N) is 1. The van der Waals surface area contributed by atoms with Crippen LogP contribution in [0, 0.1) is 6.92 Å². The first-order valence-corrected chi connectivity index (χ1v) is 9.75. The van der Waals surface area contributed by atoms with E-state index >= 15 is 0 Å². The fourth-order valence-corrected chi connectivity index (χ4v) is 3.87. The summed E-state index contributed by atoms with van der Waals surface area (Å²) in [4.78, 5) is 20.1. The minimum atomic E-state index is -0.215. The largest absolute Gasteiger partial charge is 0.381 e. The normalized spacial score (nSPS) is 22.5. The first-order chi connectivity index (χ1) is 13.5. The molecular weight excluding hydrogens is 360 g/mol. The highest BCUT2D eigenvalue weighted by Crippen LogP contribution is 2.26. The third kappa shape index (κ3) is 4.02. The Morgan fingerprint density at radius 2 is 1.93 bits per heavy atom. The minimum absolute atomic E-state index is 0.113. The zero-order valence-electron chi connectivity index (χ0n) is 16.5. The van der Waals surface area contributed by atoms with Gasteiger partial charge in [0.05, 0.1) is 31.1 Å². The van der Waals surface area contributed by atoms with E-state index in [-0.39, 0.29) is 18.1 Å². The maximum Gasteiger partial charge on any atom is 0.258 e. The molecule has 0 aromatic carbocycles. The van der Waals surface area contributed by atoms with E-state index in [0.29, 0.717) is 43.2 Å². The Balaban J connectivity index is 1.69. The van der Waals surface area contributed by atoms with Crippen molar-refractivity contribution in [1.82, 2.24) is 10.1 Å². The van der Waals surface area contributed by atoms with Crippen LogP contribution in [0.5, 0.6) is 0 Å². The molecule has 0 aliphatic carbocycles. The lowest BCUT2D eigenvalue weighted by Crippen LogP contribution is -2.46. The summed E-state index contributed by atoms with van der Waals surface area (Å²) in [6.07, 6.45) is 1.58. The Morgan fingerprint density at radius 3 is 2.64 bits per heavy atom. The van der Waals surface area contributed by atoms with Gasteiger partial charge in [0, 0.05) is 36.8 Å². The topological polar surface area (TPSA) is 89.7 Å². The minimum Gasteiger partial charge on any atom is -0.381 e. The number of nitrogens with zero attached hydrogens (tertiary/aromatic N) is 3. The summed E-state index contributed by atoms with van der Waals surface area (Å²) < 4.78 is 16.6. The molecule has 1 fully saturated rings. The highest BCUT2D eigenvalue weighted by Gasteiger charge is 2.27. The second-order valence-electron chi connectivity index (χ2n) is 7.51. The van der Waals surface area contributed by atoms with E-state index in [4.69, 9.17) is 19.0 Å². The van der Waals surface area contributed by atoms with E-state index in [0.717, 1.165) is 30.2 Å². The first-order valence-electron chi connectivity index (χ1n) is 9.75. The Bertz CT molecular complexity index is 856. The lowest BCUT2D eigenvalue weighted by atomic mass is 10.0. The fraction of sp³-hybridized carbons (Fsp3) is 0.550. The van der Waals surface area contributed by atoms with Gasteiger partial charge in [-0.3, -0.25) is 10.1 Å². The number of anilines is 2. The highest BCUT2D eigenvalue weighted by molar-refractivity contribution is 6.05. The van der Waals surface area contributed by atoms with E-state index in [1.54, 1.807) is 6.07 Å². The maximum absolute atomic E-state index is 13.1. The molecule has 2 aliphatic rings. The molecule has 28 heavy (non-hydrogen) atoms. The number of fused-ring (bicyclic) bond motifs is 1. The van der Waals surface area contributed by atoms with Crippen molar-refractivity contribution in [2.45, 2.75) is 45.8 Å². The van der Waals surface area contributed by atoms with E-state index in [9.17, 15) is 4.79 Å². The summed E-state index contributed by atoms with van der Waals surface area (Å²) in [5.41, 5.74) is 3.21. The molecule has 2 aromatic rings. The number of aryl methyl sites for hydroxylation is 1. The number of hydrogen-bond donors (Lipinski definition) is 1. The lowest BCUT2D eigenvalue weighted by molar-refractivity contribution is -0.00547. The van der Waals surface area contributed by atoms with Gasteiger partial charge in [-0.05, 0) is 38.8 Å². The van der Waals surface area contributed by atoms with Crippen molar-refractivity contribution < 1.29 is 18.8 Å². The number of amides is 1. The van der Waals surface area contributed by atoms with Gasteiger partial charge in [-0.25, -0.2) is 4.98 Å². The molecule has 1 amide bonds. The van der Waals surface area contributed by atoms with E-state index in [2.05, 4.69) is 29.2 Å². The van der Waals surface area contributed by atoms with Crippen molar-refractivity contribution in [3.05, 3.63) is 34.6 Å². The summed E-state index contributed by atoms with van der Waals surface area (Å²) in [6, 6.07) is 3.58. The molecule has 1 saturated heterocycles. The summed E-state index contributed by atoms with van der Waals surface area (Å²) in [7, 11) is 0. The molecule has 4 rings (SSSR count). The van der Waals surface area contributed by atoms with Crippen LogP contribution in [0.3, 0.4) is 0 Å². The standard InChI is InChI=1S/C20H26N4O4/c1-12-8-19(28-23-12)22-20(25)16-9-18(24-10-13(2)27-14(3)11-24)21-17-5-7-26-6-4-15(16)17/h8-9,13-14H,4-7,10-11H2,1-3H3,(H,22,25)/t13-,14+. The number of carbonyl (C=O) groups excluding carboxylic acids is 1. The highest BCUT2D eigenvalue weighted by atomic mass is 16.5. The third-order valence-corrected chi connectivity index (χ3v) is 5.03. The molecule has 2 atom stereocenters. The molecule has 0 bridgehead atoms. The van der Waals surface area contributed by atoms with Crippen LogP contribution in [-0.4, -0.2) is 54.6 Å². The Kier molecular flexibility index (Phi) is 5.32. The number of morpholine rings is 1. The lowest BCUT2D eigenvalue weighted by Gasteiger charge is -2.36. The molecule has 0 saturated carbocycles. The Hall–Kier alpha value is -2.45. The zero-order valence-corrected chi connectivity index (χ0v) is 16.5. The van der Waals surface area contributed by atoms with E-state index in [1.807, 2.05) is 13.0 Å². The maximum atomic E-state index is 13.1. The van der Waals surface area contributed by atoms with Crippen LogP contribution in [0.1, 0.15) is 41.2 Å². The van der Waals surface area contributed by atoms with E-state index in [1.165, 1.54) is 0 Å². The molecule has 0 unspecified atom stereocenters. The number of aromatic nitrogens is 2. The average molecular weight is 386 g/mol. The van der Waals surface area contributed by atoms with Gasteiger partial charge in [-0.2, -0.15) is 0 Å². The van der Waals surface area contributed by atoms with Gasteiger partial charge in [0.15, 0.2) is 0 Å². The Labute approximate surface area is 164 Å². The number of pyridine rings is 1. The molecule has 0 radical (unpaired) electrons. The molecular formula is C20H26N4O4. The number of carbonyl (C=O) groups is 1. The molecule has 2 aromatic heterocycles. The predicted molar refractivity (Wildman–Crippen MR) is 104 cm³/mol. The van der Waals surface area contributed by atoms with Crippen LogP contribution in [0.25, 0.3) is 0 Å². The molecule has 4 heterocycles. The van der Waals surface area contributed by atoms with Crippen molar-refractivity contribution >= 4 is 17.6 Å². The van der Waals surface area contributed by atoms with Gasteiger partial charge < -0.3 is 18.9 Å². The van der Waals surface area contributed by atoms with Gasteiger partial charge in [0.25, 0.3) is 5.91 Å². The van der Waals surface area contributed by atoms with Crippen LogP contribution >= 0.6 is 0 Å². The van der Waals surface area contributed by atoms with Crippen LogP contribution in [0.4, 0.5) is 11.7 Å². The van der Waals surface area contributed by atoms with Crippen LogP contribution in [0.2, 0.25) is 0 Å². The second-order valence-corrected chi connectivity index (χ2v) is 7.51. The average Bonchev–Trinajstić information content (AvgIpc) is 2.91. The zero-order chi connectivity index (χ0) is 19.7. The summed E-state index contributed by atoms with van der Waals surface area (Å²) in [6.45, 7) is 8.61. The summed E-state index contributed by atoms with van der Waals surface area (Å²) >= 11 is 0. The molecule has 8 nitrogen and oxygen atoms in total. The van der Waals surface area contributed by atoms with Crippen molar-refractivity contribution in [3.63, 3.8) is 0 Å². The molecule has 150 valence electrons. The SMILES string of the molecule is Cc1cc(NC(=O)c2cc(N3C[C@@H](C)O[C@@H](C)C3)nc3c2CCOCC3)on1. The molecule has 2 aliphatic heterocycles. The van der Waals surface area contributed by atoms with Crippen molar-refractivity contribution in [3.8, 4) is 0 Å². The number of hydrogen-bond acceptors (Lipinski definition) is 7. The third-order valence-electron chi connectivity index (χ3n) is 5.03. The summed E-state index contributed by atoms with van der Waals surface area (Å²) in [5, 5.41) is 6.65. The molecule has 8 heteroatoms. The molecule has 1 N–H and O–H groups in total. The van der Waals surface area contributed by atoms with Crippen LogP contribution in [-0.2, 0) is 22.3 Å². The smallest absolute Gasteiger partial charge is 0.258 e. The van der Waals surface area contributed by atoms with Crippen LogP contribution in [0.15, 0.2) is 16.7 Å². The number of ether oxygens (including phenoxy) is 2. The predicted octanol–water partition coefficient (Wildman–Crippen LogP) is 2.36. The second kappa shape index (κ2) is 7.89. The van der Waals surface area contributed by atoms with Crippen molar-refractivity contribution in [2.24, 2.45) is 0 Å². The fourth-order valence-electron chi connectivity index (χ4n) is 3.87. The van der Waals surface area contributed by atoms with Crippen LogP contribution < -0.4 is 10.2 Å². The summed E-state index contributed by atoms with van der Waals surface area (Å²) in [5.74, 6) is 0.932. The van der Waals surface area contributed by atoms with E-state index < -0.39 is 0 Å². The first kappa shape index (κ1) is 18.9. The van der Waals surface area contributed by atoms with Gasteiger partial charge in [0.2, 0.25) is 5.88 Å². The quantitative estimate of drug-likeness (QED) is 0.866. The monoisotopic (exact) mass is 386 g/mol. The van der Waals surface area contributed by atoms with Gasteiger partial charge in [-0.1, -0.05) is 5.16 Å². The van der Waals surface area contributed by atoms with Crippen molar-refractivity contribution in [2.75, 3.05) is 36.5 Å². The van der Waals surface area contributed by atoms with Gasteiger partial charge in [0.1, 0.15) is 5.82 Å². The Morgan fingerprint density at radius 1 is 1.18 bits per heavy atom. The molecule has 0 spiro atoms. The van der Waals surface area contributed by atoms with Gasteiger partial charge in [-0.15, -0.1) is 0 Å². The van der Waals surface area contributed by atoms with Crippen molar-refractivity contribution in [1.29, 1.82) is 0 Å². The number of rotatable bonds is 3. The van der Waals surface area contributed by atoms with Gasteiger partial charge >= 0.3 is 0 Å².